The van der Waals surface area contributed by atoms with Crippen LogP contribution in [0, 0.1) is 5.92 Å². The van der Waals surface area contributed by atoms with E-state index < -0.39 is 9.84 Å². The van der Waals surface area contributed by atoms with E-state index in [4.69, 9.17) is 0 Å². The SMILES string of the molecule is CNCCC=C(C)C1CCCC(S(C)(=O)=O)C1. The Morgan fingerprint density at radius 1 is 1.41 bits per heavy atom. The molecule has 1 fully saturated rings. The van der Waals surface area contributed by atoms with Crippen LogP contribution in [0.3, 0.4) is 0 Å². The minimum absolute atomic E-state index is 0.117. The molecule has 100 valence electrons. The normalized spacial score (nSPS) is 27.1. The highest BCUT2D eigenvalue weighted by Gasteiger charge is 2.29. The maximum absolute atomic E-state index is 11.6. The average molecular weight is 259 g/mol. The van der Waals surface area contributed by atoms with Gasteiger partial charge in [0.2, 0.25) is 0 Å². The Kier molecular flexibility index (Phi) is 5.67. The van der Waals surface area contributed by atoms with Crippen LogP contribution >= 0.6 is 0 Å². The molecule has 0 saturated heterocycles. The summed E-state index contributed by atoms with van der Waals surface area (Å²) >= 11 is 0. The first-order chi connectivity index (χ1) is 7.95. The summed E-state index contributed by atoms with van der Waals surface area (Å²) in [6.07, 6.45) is 8.52. The molecular weight excluding hydrogens is 234 g/mol. The highest BCUT2D eigenvalue weighted by molar-refractivity contribution is 7.91. The van der Waals surface area contributed by atoms with Gasteiger partial charge < -0.3 is 5.32 Å². The zero-order valence-corrected chi connectivity index (χ0v) is 12.0. The Balaban J connectivity index is 2.57. The van der Waals surface area contributed by atoms with E-state index in [-0.39, 0.29) is 5.25 Å². The topological polar surface area (TPSA) is 46.2 Å². The molecule has 0 aromatic rings. The van der Waals surface area contributed by atoms with Gasteiger partial charge in [-0.2, -0.15) is 0 Å². The second-order valence-electron chi connectivity index (χ2n) is 5.16. The summed E-state index contributed by atoms with van der Waals surface area (Å²) in [6.45, 7) is 3.13. The van der Waals surface area contributed by atoms with Crippen molar-refractivity contribution >= 4 is 9.84 Å². The number of hydrogen-bond acceptors (Lipinski definition) is 3. The van der Waals surface area contributed by atoms with Crippen molar-refractivity contribution in [3.05, 3.63) is 11.6 Å². The van der Waals surface area contributed by atoms with Gasteiger partial charge in [-0.15, -0.1) is 0 Å². The van der Waals surface area contributed by atoms with Gasteiger partial charge in [0.1, 0.15) is 9.84 Å². The van der Waals surface area contributed by atoms with Gasteiger partial charge in [0.25, 0.3) is 0 Å². The first-order valence-electron chi connectivity index (χ1n) is 6.45. The predicted octanol–water partition coefficient (Wildman–Crippen LogP) is 2.15. The van der Waals surface area contributed by atoms with E-state index in [2.05, 4.69) is 18.3 Å². The molecule has 0 bridgehead atoms. The highest BCUT2D eigenvalue weighted by Crippen LogP contribution is 2.32. The van der Waals surface area contributed by atoms with Crippen molar-refractivity contribution in [1.82, 2.24) is 5.32 Å². The third kappa shape index (κ3) is 4.80. The lowest BCUT2D eigenvalue weighted by molar-refractivity contribution is 0.398. The summed E-state index contributed by atoms with van der Waals surface area (Å²) in [5.41, 5.74) is 1.37. The van der Waals surface area contributed by atoms with E-state index in [1.165, 1.54) is 11.8 Å². The van der Waals surface area contributed by atoms with E-state index in [1.54, 1.807) is 0 Å². The number of hydrogen-bond donors (Lipinski definition) is 1. The van der Waals surface area contributed by atoms with Crippen LogP contribution in [0.15, 0.2) is 11.6 Å². The first kappa shape index (κ1) is 14.7. The van der Waals surface area contributed by atoms with Crippen LogP contribution < -0.4 is 5.32 Å². The lowest BCUT2D eigenvalue weighted by Crippen LogP contribution is -2.27. The Hall–Kier alpha value is -0.350. The molecule has 0 spiro atoms. The van der Waals surface area contributed by atoms with Crippen LogP contribution in [0.4, 0.5) is 0 Å². The fourth-order valence-corrected chi connectivity index (χ4v) is 3.73. The molecule has 4 heteroatoms. The van der Waals surface area contributed by atoms with Crippen LogP contribution in [0.5, 0.6) is 0 Å². The van der Waals surface area contributed by atoms with Gasteiger partial charge >= 0.3 is 0 Å². The van der Waals surface area contributed by atoms with E-state index in [0.29, 0.717) is 5.92 Å². The van der Waals surface area contributed by atoms with Gasteiger partial charge in [-0.3, -0.25) is 0 Å². The lowest BCUT2D eigenvalue weighted by atomic mass is 9.84. The number of sulfone groups is 1. The van der Waals surface area contributed by atoms with Gasteiger partial charge in [0, 0.05) is 6.26 Å². The lowest BCUT2D eigenvalue weighted by Gasteiger charge is -2.28. The molecular formula is C13H25NO2S. The van der Waals surface area contributed by atoms with Crippen LogP contribution in [-0.2, 0) is 9.84 Å². The largest absolute Gasteiger partial charge is 0.319 e. The molecule has 0 aromatic carbocycles. The fourth-order valence-electron chi connectivity index (χ4n) is 2.56. The molecule has 2 atom stereocenters. The number of allylic oxidation sites excluding steroid dienone is 1. The molecule has 0 heterocycles. The second-order valence-corrected chi connectivity index (χ2v) is 7.48. The van der Waals surface area contributed by atoms with Crippen LogP contribution in [-0.4, -0.2) is 33.5 Å². The van der Waals surface area contributed by atoms with Crippen molar-refractivity contribution in [2.45, 2.75) is 44.3 Å². The second kappa shape index (κ2) is 6.55. The summed E-state index contributed by atoms with van der Waals surface area (Å²) in [5, 5.41) is 3.00. The molecule has 1 aliphatic carbocycles. The number of nitrogens with one attached hydrogen (secondary N) is 1. The summed E-state index contributed by atoms with van der Waals surface area (Å²) in [4.78, 5) is 0. The number of rotatable bonds is 5. The summed E-state index contributed by atoms with van der Waals surface area (Å²) < 4.78 is 23.2. The van der Waals surface area contributed by atoms with Crippen molar-refractivity contribution < 1.29 is 8.42 Å². The van der Waals surface area contributed by atoms with Gasteiger partial charge in [0.15, 0.2) is 0 Å². The zero-order chi connectivity index (χ0) is 12.9. The highest BCUT2D eigenvalue weighted by atomic mass is 32.2. The van der Waals surface area contributed by atoms with Crippen molar-refractivity contribution in [3.63, 3.8) is 0 Å². The fraction of sp³-hybridized carbons (Fsp3) is 0.846. The molecule has 0 aliphatic heterocycles. The van der Waals surface area contributed by atoms with Gasteiger partial charge in [-0.25, -0.2) is 8.42 Å². The van der Waals surface area contributed by atoms with E-state index in [9.17, 15) is 8.42 Å². The minimum Gasteiger partial charge on any atom is -0.319 e. The van der Waals surface area contributed by atoms with Crippen LogP contribution in [0.25, 0.3) is 0 Å². The standard InChI is InChI=1S/C13H25NO2S/c1-11(6-5-9-14-2)12-7-4-8-13(10-12)17(3,15)16/h6,12-14H,4-5,7-10H2,1-3H3. The molecule has 3 nitrogen and oxygen atoms in total. The molecule has 1 N–H and O–H groups in total. The Morgan fingerprint density at radius 3 is 2.71 bits per heavy atom. The molecule has 0 aromatic heterocycles. The van der Waals surface area contributed by atoms with Crippen molar-refractivity contribution in [2.24, 2.45) is 5.92 Å². The third-order valence-corrected chi connectivity index (χ3v) is 5.38. The van der Waals surface area contributed by atoms with Crippen molar-refractivity contribution in [3.8, 4) is 0 Å². The van der Waals surface area contributed by atoms with Crippen LogP contribution in [0.2, 0.25) is 0 Å². The van der Waals surface area contributed by atoms with E-state index >= 15 is 0 Å². The van der Waals surface area contributed by atoms with Crippen molar-refractivity contribution in [1.29, 1.82) is 0 Å². The Bertz CT molecular complexity index is 360. The maximum atomic E-state index is 11.6. The molecule has 0 amide bonds. The van der Waals surface area contributed by atoms with Crippen LogP contribution in [0.1, 0.15) is 39.0 Å². The Morgan fingerprint density at radius 2 is 2.12 bits per heavy atom. The molecule has 17 heavy (non-hydrogen) atoms. The monoisotopic (exact) mass is 259 g/mol. The molecule has 1 rings (SSSR count). The molecule has 1 saturated carbocycles. The summed E-state index contributed by atoms with van der Waals surface area (Å²) in [7, 11) is -0.909. The minimum atomic E-state index is -2.86. The predicted molar refractivity (Wildman–Crippen MR) is 72.9 cm³/mol. The summed E-state index contributed by atoms with van der Waals surface area (Å²) in [5.74, 6) is 0.473. The first-order valence-corrected chi connectivity index (χ1v) is 8.40. The quantitative estimate of drug-likeness (QED) is 0.608. The van der Waals surface area contributed by atoms with Gasteiger partial charge in [-0.1, -0.05) is 18.1 Å². The third-order valence-electron chi connectivity index (χ3n) is 3.74. The Labute approximate surface area is 106 Å². The summed E-state index contributed by atoms with van der Waals surface area (Å²) in [6, 6.07) is 0. The molecule has 2 unspecified atom stereocenters. The maximum Gasteiger partial charge on any atom is 0.150 e. The molecule has 1 aliphatic rings. The van der Waals surface area contributed by atoms with E-state index in [0.717, 1.165) is 38.6 Å². The van der Waals surface area contributed by atoms with Gasteiger partial charge in [0.05, 0.1) is 5.25 Å². The zero-order valence-electron chi connectivity index (χ0n) is 11.2. The van der Waals surface area contributed by atoms with Crippen molar-refractivity contribution in [2.75, 3.05) is 19.8 Å². The average Bonchev–Trinajstić information content (AvgIpc) is 2.28. The molecule has 0 radical (unpaired) electrons. The van der Waals surface area contributed by atoms with Gasteiger partial charge in [-0.05, 0) is 52.1 Å². The smallest absolute Gasteiger partial charge is 0.150 e. The van der Waals surface area contributed by atoms with E-state index in [1.807, 2.05) is 7.05 Å².